The molecule has 0 bridgehead atoms. The van der Waals surface area contributed by atoms with Gasteiger partial charge < -0.3 is 16.4 Å². The predicted molar refractivity (Wildman–Crippen MR) is 92.5 cm³/mol. The van der Waals surface area contributed by atoms with Crippen LogP contribution in [0, 0.1) is 0 Å². The van der Waals surface area contributed by atoms with Crippen molar-refractivity contribution < 1.29 is 9.59 Å². The fourth-order valence-electron chi connectivity index (χ4n) is 2.04. The van der Waals surface area contributed by atoms with E-state index >= 15 is 0 Å². The number of rotatable bonds is 5. The van der Waals surface area contributed by atoms with E-state index in [1.807, 2.05) is 6.07 Å². The van der Waals surface area contributed by atoms with Crippen molar-refractivity contribution in [1.29, 1.82) is 0 Å². The molecule has 120 valence electrons. The number of para-hydroxylation sites is 2. The van der Waals surface area contributed by atoms with Crippen molar-refractivity contribution in [2.75, 3.05) is 10.6 Å². The Hall–Kier alpha value is -3.26. The van der Waals surface area contributed by atoms with Crippen molar-refractivity contribution in [2.45, 2.75) is 0 Å². The van der Waals surface area contributed by atoms with E-state index in [-0.39, 0.29) is 11.6 Å². The summed E-state index contributed by atoms with van der Waals surface area (Å²) in [4.78, 5) is 23.6. The first kappa shape index (κ1) is 15.6. The van der Waals surface area contributed by atoms with Crippen LogP contribution < -0.4 is 16.4 Å². The minimum atomic E-state index is -0.669. The number of carbonyl (C=O) groups excluding carboxylic acids is 2. The molecule has 0 saturated carbocycles. The van der Waals surface area contributed by atoms with Crippen molar-refractivity contribution in [2.24, 2.45) is 5.73 Å². The van der Waals surface area contributed by atoms with Gasteiger partial charge in [-0.25, -0.2) is 0 Å². The smallest absolute Gasteiger partial charge is 0.272 e. The number of amides is 2. The Morgan fingerprint density at radius 2 is 1.62 bits per heavy atom. The van der Waals surface area contributed by atoms with Crippen molar-refractivity contribution in [3.8, 4) is 0 Å². The van der Waals surface area contributed by atoms with Crippen LogP contribution >= 0.6 is 11.5 Å². The number of carbonyl (C=O) groups is 2. The molecule has 3 rings (SSSR count). The van der Waals surface area contributed by atoms with E-state index in [1.54, 1.807) is 48.5 Å². The third-order valence-electron chi connectivity index (χ3n) is 3.18. The van der Waals surface area contributed by atoms with Crippen LogP contribution in [0.1, 0.15) is 20.8 Å². The molecule has 0 spiro atoms. The molecule has 24 heavy (non-hydrogen) atoms. The zero-order valence-corrected chi connectivity index (χ0v) is 13.2. The number of nitrogens with two attached hydrogens (primary N) is 1. The van der Waals surface area contributed by atoms with Crippen LogP contribution in [0.2, 0.25) is 0 Å². The van der Waals surface area contributed by atoms with E-state index in [2.05, 4.69) is 20.2 Å². The molecule has 0 aliphatic rings. The van der Waals surface area contributed by atoms with E-state index in [1.165, 1.54) is 0 Å². The van der Waals surface area contributed by atoms with Gasteiger partial charge in [0.1, 0.15) is 5.00 Å². The van der Waals surface area contributed by atoms with Gasteiger partial charge in [0.2, 0.25) is 0 Å². The Labute approximate surface area is 141 Å². The average molecular weight is 339 g/mol. The SMILES string of the molecule is NC(=O)c1nnsc1Nc1ccccc1NC(=O)c1ccccc1. The Kier molecular flexibility index (Phi) is 4.48. The molecule has 0 fully saturated rings. The summed E-state index contributed by atoms with van der Waals surface area (Å²) in [6, 6.07) is 16.0. The minimum absolute atomic E-state index is 0.0594. The first-order valence-corrected chi connectivity index (χ1v) is 7.77. The summed E-state index contributed by atoms with van der Waals surface area (Å²) >= 11 is 1.01. The number of anilines is 3. The third kappa shape index (κ3) is 3.39. The fraction of sp³-hybridized carbons (Fsp3) is 0. The van der Waals surface area contributed by atoms with E-state index in [9.17, 15) is 9.59 Å². The first-order chi connectivity index (χ1) is 11.6. The first-order valence-electron chi connectivity index (χ1n) is 7.00. The number of benzene rings is 2. The summed E-state index contributed by atoms with van der Waals surface area (Å²) in [5, 5.41) is 9.99. The van der Waals surface area contributed by atoms with Gasteiger partial charge in [0.15, 0.2) is 5.69 Å². The molecule has 7 nitrogen and oxygen atoms in total. The highest BCUT2D eigenvalue weighted by Crippen LogP contribution is 2.28. The summed E-state index contributed by atoms with van der Waals surface area (Å²) in [6.45, 7) is 0. The van der Waals surface area contributed by atoms with E-state index < -0.39 is 5.91 Å². The molecule has 3 aromatic rings. The lowest BCUT2D eigenvalue weighted by Gasteiger charge is -2.12. The molecule has 0 radical (unpaired) electrons. The van der Waals surface area contributed by atoms with Crippen LogP contribution in [0.25, 0.3) is 0 Å². The van der Waals surface area contributed by atoms with Crippen LogP contribution in [-0.4, -0.2) is 21.4 Å². The second kappa shape index (κ2) is 6.88. The highest BCUT2D eigenvalue weighted by molar-refractivity contribution is 7.10. The van der Waals surface area contributed by atoms with Gasteiger partial charge in [-0.15, -0.1) is 5.10 Å². The van der Waals surface area contributed by atoms with Gasteiger partial charge in [-0.05, 0) is 24.3 Å². The molecule has 2 aromatic carbocycles. The lowest BCUT2D eigenvalue weighted by molar-refractivity contribution is 0.0994. The van der Waals surface area contributed by atoms with Crippen molar-refractivity contribution >= 4 is 39.7 Å². The van der Waals surface area contributed by atoms with Gasteiger partial charge in [-0.1, -0.05) is 34.8 Å². The molecule has 0 aliphatic heterocycles. The standard InChI is InChI=1S/C16H13N5O2S/c17-14(22)13-16(24-21-20-13)19-12-9-5-4-8-11(12)18-15(23)10-6-2-1-3-7-10/h1-9,19H,(H2,17,22)(H,18,23). The molecule has 2 amide bonds. The molecule has 0 atom stereocenters. The normalized spacial score (nSPS) is 10.2. The molecule has 0 aliphatic carbocycles. The van der Waals surface area contributed by atoms with Gasteiger partial charge in [0.25, 0.3) is 11.8 Å². The molecule has 4 N–H and O–H groups in total. The van der Waals surface area contributed by atoms with Gasteiger partial charge in [-0.3, -0.25) is 9.59 Å². The van der Waals surface area contributed by atoms with Crippen LogP contribution in [-0.2, 0) is 0 Å². The summed E-state index contributed by atoms with van der Waals surface area (Å²) < 4.78 is 3.72. The number of nitrogens with zero attached hydrogens (tertiary/aromatic N) is 2. The van der Waals surface area contributed by atoms with Crippen LogP contribution in [0.5, 0.6) is 0 Å². The van der Waals surface area contributed by atoms with Crippen LogP contribution in [0.4, 0.5) is 16.4 Å². The van der Waals surface area contributed by atoms with Gasteiger partial charge in [-0.2, -0.15) is 0 Å². The van der Waals surface area contributed by atoms with Gasteiger partial charge in [0.05, 0.1) is 11.4 Å². The lowest BCUT2D eigenvalue weighted by atomic mass is 10.2. The van der Waals surface area contributed by atoms with Gasteiger partial charge >= 0.3 is 0 Å². The number of nitrogens with one attached hydrogen (secondary N) is 2. The molecule has 1 heterocycles. The molecule has 8 heteroatoms. The monoisotopic (exact) mass is 339 g/mol. The number of aromatic nitrogens is 2. The van der Waals surface area contributed by atoms with E-state index in [4.69, 9.17) is 5.73 Å². The maximum atomic E-state index is 12.3. The highest BCUT2D eigenvalue weighted by Gasteiger charge is 2.15. The summed E-state index contributed by atoms with van der Waals surface area (Å²) in [6.07, 6.45) is 0. The van der Waals surface area contributed by atoms with Crippen molar-refractivity contribution in [3.63, 3.8) is 0 Å². The Morgan fingerprint density at radius 1 is 0.958 bits per heavy atom. The number of hydrogen-bond acceptors (Lipinski definition) is 6. The Bertz CT molecular complexity index is 879. The zero-order chi connectivity index (χ0) is 16.9. The van der Waals surface area contributed by atoms with E-state index in [0.29, 0.717) is 21.9 Å². The second-order valence-corrected chi connectivity index (χ2v) is 5.56. The largest absolute Gasteiger partial charge is 0.364 e. The van der Waals surface area contributed by atoms with Crippen LogP contribution in [0.15, 0.2) is 54.6 Å². The Balaban J connectivity index is 1.84. The predicted octanol–water partition coefficient (Wildman–Crippen LogP) is 2.63. The third-order valence-corrected chi connectivity index (χ3v) is 3.82. The average Bonchev–Trinajstić information content (AvgIpc) is 3.06. The Morgan fingerprint density at radius 3 is 2.33 bits per heavy atom. The molecule has 0 unspecified atom stereocenters. The van der Waals surface area contributed by atoms with Crippen LogP contribution in [0.3, 0.4) is 0 Å². The highest BCUT2D eigenvalue weighted by atomic mass is 32.1. The summed E-state index contributed by atoms with van der Waals surface area (Å²) in [5.74, 6) is -0.903. The number of hydrogen-bond donors (Lipinski definition) is 3. The summed E-state index contributed by atoms with van der Waals surface area (Å²) in [7, 11) is 0. The minimum Gasteiger partial charge on any atom is -0.364 e. The van der Waals surface area contributed by atoms with Crippen molar-refractivity contribution in [1.82, 2.24) is 9.59 Å². The molecule has 1 aromatic heterocycles. The molecular weight excluding hydrogens is 326 g/mol. The van der Waals surface area contributed by atoms with E-state index in [0.717, 1.165) is 11.5 Å². The maximum absolute atomic E-state index is 12.3. The van der Waals surface area contributed by atoms with Crippen molar-refractivity contribution in [3.05, 3.63) is 65.9 Å². The quantitative estimate of drug-likeness (QED) is 0.662. The second-order valence-electron chi connectivity index (χ2n) is 4.81. The topological polar surface area (TPSA) is 110 Å². The molecule has 0 saturated heterocycles. The lowest BCUT2D eigenvalue weighted by Crippen LogP contribution is -2.14. The summed E-state index contributed by atoms with van der Waals surface area (Å²) in [5.41, 5.74) is 7.04. The molecular formula is C16H13N5O2S. The van der Waals surface area contributed by atoms with Gasteiger partial charge in [0, 0.05) is 17.1 Å². The zero-order valence-electron chi connectivity index (χ0n) is 12.4. The number of primary amides is 1. The fourth-order valence-corrected chi connectivity index (χ4v) is 2.63. The maximum Gasteiger partial charge on any atom is 0.272 e.